The molecule has 3 atom stereocenters. The van der Waals surface area contributed by atoms with Crippen LogP contribution in [0.3, 0.4) is 0 Å². The summed E-state index contributed by atoms with van der Waals surface area (Å²) in [6, 6.07) is 0.224. The van der Waals surface area contributed by atoms with E-state index < -0.39 is 5.97 Å². The third-order valence-corrected chi connectivity index (χ3v) is 4.82. The molecule has 0 spiro atoms. The first-order valence-corrected chi connectivity index (χ1v) is 8.53. The molecule has 1 N–H and O–H groups in total. The number of rotatable bonds is 5. The van der Waals surface area contributed by atoms with Crippen molar-refractivity contribution in [1.29, 1.82) is 0 Å². The zero-order valence-corrected chi connectivity index (χ0v) is 13.7. The number of thioether (sulfide) groups is 1. The molecule has 0 aliphatic carbocycles. The molecule has 0 aromatic carbocycles. The first kappa shape index (κ1) is 17.1. The smallest absolute Gasteiger partial charge is 0.320 e. The summed E-state index contributed by atoms with van der Waals surface area (Å²) >= 11 is 1.78. The second-order valence-electron chi connectivity index (χ2n) is 5.63. The molecule has 0 radical (unpaired) electrons. The van der Waals surface area contributed by atoms with Gasteiger partial charge in [0.05, 0.1) is 5.92 Å². The van der Waals surface area contributed by atoms with Crippen LogP contribution in [0.15, 0.2) is 0 Å². The summed E-state index contributed by atoms with van der Waals surface area (Å²) in [7, 11) is 1.84. The van der Waals surface area contributed by atoms with Crippen LogP contribution in [0.1, 0.15) is 33.1 Å². The molecular formula is C14H26N2O3S. The molecule has 20 heavy (non-hydrogen) atoms. The van der Waals surface area contributed by atoms with Crippen molar-refractivity contribution < 1.29 is 14.7 Å². The van der Waals surface area contributed by atoms with E-state index >= 15 is 0 Å². The second-order valence-corrected chi connectivity index (χ2v) is 6.61. The number of hydrogen-bond donors (Lipinski definition) is 1. The van der Waals surface area contributed by atoms with Gasteiger partial charge >= 0.3 is 12.0 Å². The first-order chi connectivity index (χ1) is 9.38. The van der Waals surface area contributed by atoms with Crippen LogP contribution >= 0.6 is 11.8 Å². The van der Waals surface area contributed by atoms with E-state index in [1.54, 1.807) is 16.7 Å². The molecule has 1 saturated heterocycles. The van der Waals surface area contributed by atoms with Gasteiger partial charge in [-0.15, -0.1) is 0 Å². The lowest BCUT2D eigenvalue weighted by molar-refractivity contribution is -0.143. The molecule has 5 nitrogen and oxygen atoms in total. The highest BCUT2D eigenvalue weighted by atomic mass is 32.2. The van der Waals surface area contributed by atoms with Crippen LogP contribution in [0.4, 0.5) is 4.79 Å². The molecule has 1 rings (SSSR count). The number of urea groups is 1. The molecule has 3 unspecified atom stereocenters. The van der Waals surface area contributed by atoms with Crippen LogP contribution in [0.25, 0.3) is 0 Å². The minimum absolute atomic E-state index is 0.00690. The second kappa shape index (κ2) is 7.76. The van der Waals surface area contributed by atoms with Gasteiger partial charge in [0.15, 0.2) is 0 Å². The fraction of sp³-hybridized carbons (Fsp3) is 0.857. The Morgan fingerprint density at radius 3 is 2.65 bits per heavy atom. The number of likely N-dealkylation sites (tertiary alicyclic amines) is 1. The van der Waals surface area contributed by atoms with Gasteiger partial charge in [-0.3, -0.25) is 4.79 Å². The molecule has 1 aliphatic rings. The van der Waals surface area contributed by atoms with Gasteiger partial charge in [0, 0.05) is 25.7 Å². The van der Waals surface area contributed by atoms with Crippen molar-refractivity contribution in [3.8, 4) is 0 Å². The summed E-state index contributed by atoms with van der Waals surface area (Å²) in [4.78, 5) is 27.1. The van der Waals surface area contributed by atoms with E-state index in [4.69, 9.17) is 5.11 Å². The fourth-order valence-corrected chi connectivity index (χ4v) is 3.13. The number of piperidine rings is 1. The monoisotopic (exact) mass is 302 g/mol. The van der Waals surface area contributed by atoms with Crippen molar-refractivity contribution in [1.82, 2.24) is 9.80 Å². The van der Waals surface area contributed by atoms with Crippen molar-refractivity contribution in [2.45, 2.75) is 45.2 Å². The zero-order valence-electron chi connectivity index (χ0n) is 12.8. The van der Waals surface area contributed by atoms with E-state index in [0.29, 0.717) is 19.4 Å². The van der Waals surface area contributed by atoms with Gasteiger partial charge in [-0.1, -0.05) is 0 Å². The molecule has 0 saturated carbocycles. The van der Waals surface area contributed by atoms with Crippen LogP contribution in [-0.2, 0) is 4.79 Å². The van der Waals surface area contributed by atoms with Gasteiger partial charge in [-0.25, -0.2) is 4.79 Å². The predicted molar refractivity (Wildman–Crippen MR) is 82.1 cm³/mol. The van der Waals surface area contributed by atoms with E-state index in [9.17, 15) is 9.59 Å². The molecule has 1 heterocycles. The van der Waals surface area contributed by atoms with Gasteiger partial charge in [0.2, 0.25) is 0 Å². The normalized spacial score (nSPS) is 24.3. The van der Waals surface area contributed by atoms with E-state index in [1.807, 2.05) is 18.9 Å². The third kappa shape index (κ3) is 4.30. The van der Waals surface area contributed by atoms with E-state index in [2.05, 4.69) is 13.2 Å². The van der Waals surface area contributed by atoms with Crippen LogP contribution in [0.5, 0.6) is 0 Å². The maximum atomic E-state index is 12.5. The van der Waals surface area contributed by atoms with Gasteiger partial charge in [0.1, 0.15) is 0 Å². The van der Waals surface area contributed by atoms with Crippen LogP contribution in [0.2, 0.25) is 0 Å². The molecule has 6 heteroatoms. The highest BCUT2D eigenvalue weighted by molar-refractivity contribution is 7.98. The molecule has 116 valence electrons. The highest BCUT2D eigenvalue weighted by Crippen LogP contribution is 2.24. The molecule has 1 aliphatic heterocycles. The zero-order chi connectivity index (χ0) is 15.3. The summed E-state index contributed by atoms with van der Waals surface area (Å²) < 4.78 is 0. The molecule has 0 bridgehead atoms. The highest BCUT2D eigenvalue weighted by Gasteiger charge is 2.34. The van der Waals surface area contributed by atoms with Crippen molar-refractivity contribution in [3.63, 3.8) is 0 Å². The van der Waals surface area contributed by atoms with Crippen LogP contribution in [0, 0.1) is 5.92 Å². The van der Waals surface area contributed by atoms with Crippen LogP contribution < -0.4 is 0 Å². The predicted octanol–water partition coefficient (Wildman–Crippen LogP) is 2.36. The number of amides is 2. The Balaban J connectivity index is 2.57. The Labute approximate surface area is 125 Å². The Hall–Kier alpha value is -0.910. The largest absolute Gasteiger partial charge is 0.481 e. The lowest BCUT2D eigenvalue weighted by Crippen LogP contribution is -2.52. The average Bonchev–Trinajstić information content (AvgIpc) is 2.42. The molecule has 0 aromatic rings. The number of carbonyl (C=O) groups excluding carboxylic acids is 1. The SMILES string of the molecule is CSCCC(C)N(C)C(=O)N1CCC(C(=O)O)CC1C. The van der Waals surface area contributed by atoms with Crippen molar-refractivity contribution in [2.75, 3.05) is 25.6 Å². The maximum absolute atomic E-state index is 12.5. The summed E-state index contributed by atoms with van der Waals surface area (Å²) in [6.07, 6.45) is 4.14. The van der Waals surface area contributed by atoms with E-state index in [0.717, 1.165) is 12.2 Å². The van der Waals surface area contributed by atoms with Gasteiger partial charge in [-0.2, -0.15) is 11.8 Å². The third-order valence-electron chi connectivity index (χ3n) is 4.17. The number of carboxylic acid groups (broad SMARTS) is 1. The Morgan fingerprint density at radius 2 is 2.15 bits per heavy atom. The van der Waals surface area contributed by atoms with Gasteiger partial charge < -0.3 is 14.9 Å². The standard InChI is InChI=1S/C14H26N2O3S/c1-10(6-8-20-4)15(3)14(19)16-7-5-12(13(17)18)9-11(16)2/h10-12H,5-9H2,1-4H3,(H,17,18). The lowest BCUT2D eigenvalue weighted by atomic mass is 9.92. The van der Waals surface area contributed by atoms with Crippen molar-refractivity contribution in [2.24, 2.45) is 5.92 Å². The van der Waals surface area contributed by atoms with Gasteiger partial charge in [0.25, 0.3) is 0 Å². The Morgan fingerprint density at radius 1 is 1.50 bits per heavy atom. The fourth-order valence-electron chi connectivity index (χ4n) is 2.55. The number of carbonyl (C=O) groups is 2. The summed E-state index contributed by atoms with van der Waals surface area (Å²) in [5, 5.41) is 9.06. The Bertz CT molecular complexity index is 351. The first-order valence-electron chi connectivity index (χ1n) is 7.13. The average molecular weight is 302 g/mol. The molecule has 1 fully saturated rings. The quantitative estimate of drug-likeness (QED) is 0.847. The Kier molecular flexibility index (Phi) is 6.65. The summed E-state index contributed by atoms with van der Waals surface area (Å²) in [6.45, 7) is 4.53. The number of aliphatic carboxylic acids is 1. The number of carboxylic acids is 1. The van der Waals surface area contributed by atoms with Crippen molar-refractivity contribution in [3.05, 3.63) is 0 Å². The lowest BCUT2D eigenvalue weighted by Gasteiger charge is -2.39. The molecule has 2 amide bonds. The van der Waals surface area contributed by atoms with E-state index in [1.165, 1.54) is 0 Å². The molecule has 0 aromatic heterocycles. The van der Waals surface area contributed by atoms with Crippen LogP contribution in [-0.4, -0.2) is 64.6 Å². The molecular weight excluding hydrogens is 276 g/mol. The number of nitrogens with zero attached hydrogens (tertiary/aromatic N) is 2. The minimum atomic E-state index is -0.745. The topological polar surface area (TPSA) is 60.9 Å². The maximum Gasteiger partial charge on any atom is 0.320 e. The summed E-state index contributed by atoms with van der Waals surface area (Å²) in [5.74, 6) is -0.0194. The van der Waals surface area contributed by atoms with Crippen molar-refractivity contribution >= 4 is 23.8 Å². The summed E-state index contributed by atoms with van der Waals surface area (Å²) in [5.41, 5.74) is 0. The van der Waals surface area contributed by atoms with E-state index in [-0.39, 0.29) is 24.0 Å². The minimum Gasteiger partial charge on any atom is -0.481 e. The van der Waals surface area contributed by atoms with Gasteiger partial charge in [-0.05, 0) is 45.1 Å². The number of hydrogen-bond acceptors (Lipinski definition) is 3.